The number of halogens is 1. The number of rotatable bonds is 6. The van der Waals surface area contributed by atoms with Crippen molar-refractivity contribution in [3.8, 4) is 17.3 Å². The summed E-state index contributed by atoms with van der Waals surface area (Å²) >= 11 is 1.06. The van der Waals surface area contributed by atoms with Gasteiger partial charge in [-0.15, -0.1) is 11.3 Å². The molecule has 2 aromatic heterocycles. The van der Waals surface area contributed by atoms with Crippen molar-refractivity contribution in [2.24, 2.45) is 0 Å². The molecule has 3 rings (SSSR count). The number of nitrogens with zero attached hydrogens (tertiary/aromatic N) is 3. The van der Waals surface area contributed by atoms with E-state index in [1.54, 1.807) is 19.9 Å². The zero-order valence-corrected chi connectivity index (χ0v) is 16.2. The lowest BCUT2D eigenvalue weighted by Gasteiger charge is -2.16. The van der Waals surface area contributed by atoms with Gasteiger partial charge in [-0.1, -0.05) is 12.1 Å². The van der Waals surface area contributed by atoms with E-state index < -0.39 is 19.0 Å². The van der Waals surface area contributed by atoms with E-state index in [9.17, 15) is 19.0 Å². The zero-order valence-electron chi connectivity index (χ0n) is 14.5. The Labute approximate surface area is 158 Å². The SMILES string of the molecule is CCOP(=O)(OCC)c1csc2nc(-c3cccc(F)c3)c(C#N)c(=O)n12. The van der Waals surface area contributed by atoms with Crippen molar-refractivity contribution in [3.05, 3.63) is 51.4 Å². The van der Waals surface area contributed by atoms with Gasteiger partial charge in [0.15, 0.2) is 10.4 Å². The second kappa shape index (κ2) is 7.71. The highest BCUT2D eigenvalue weighted by Gasteiger charge is 2.32. The number of benzene rings is 1. The van der Waals surface area contributed by atoms with Gasteiger partial charge in [0.2, 0.25) is 0 Å². The summed E-state index contributed by atoms with van der Waals surface area (Å²) in [5, 5.41) is 11.0. The first kappa shape index (κ1) is 19.4. The van der Waals surface area contributed by atoms with Gasteiger partial charge in [0, 0.05) is 10.9 Å². The number of fused-ring (bicyclic) bond motifs is 1. The summed E-state index contributed by atoms with van der Waals surface area (Å²) in [6.45, 7) is 3.54. The molecule has 0 saturated heterocycles. The van der Waals surface area contributed by atoms with Crippen LogP contribution in [0, 0.1) is 17.1 Å². The molecule has 0 spiro atoms. The molecule has 0 bridgehead atoms. The lowest BCUT2D eigenvalue weighted by molar-refractivity contribution is 0.229. The maximum Gasteiger partial charge on any atom is 0.378 e. The summed E-state index contributed by atoms with van der Waals surface area (Å²) < 4.78 is 38.3. The Hall–Kier alpha value is -2.37. The van der Waals surface area contributed by atoms with Gasteiger partial charge in [-0.3, -0.25) is 9.36 Å². The molecule has 0 aliphatic heterocycles. The van der Waals surface area contributed by atoms with E-state index in [0.29, 0.717) is 5.56 Å². The largest absolute Gasteiger partial charge is 0.378 e. The van der Waals surface area contributed by atoms with Gasteiger partial charge in [0.1, 0.15) is 17.4 Å². The minimum atomic E-state index is -3.76. The van der Waals surface area contributed by atoms with E-state index in [1.165, 1.54) is 23.6 Å². The minimum absolute atomic E-state index is 0.0194. The van der Waals surface area contributed by atoms with Crippen LogP contribution in [-0.4, -0.2) is 22.6 Å². The third kappa shape index (κ3) is 3.45. The topological polar surface area (TPSA) is 93.7 Å². The number of hydrogen-bond acceptors (Lipinski definition) is 7. The molecule has 2 heterocycles. The molecule has 0 fully saturated rings. The van der Waals surface area contributed by atoms with Crippen molar-refractivity contribution in [2.45, 2.75) is 13.8 Å². The van der Waals surface area contributed by atoms with E-state index >= 15 is 0 Å². The smallest absolute Gasteiger partial charge is 0.304 e. The lowest BCUT2D eigenvalue weighted by Crippen LogP contribution is -2.28. The second-order valence-corrected chi connectivity index (χ2v) is 8.11. The van der Waals surface area contributed by atoms with Gasteiger partial charge in [-0.2, -0.15) is 5.26 Å². The third-order valence-electron chi connectivity index (χ3n) is 3.64. The Morgan fingerprint density at radius 2 is 2.04 bits per heavy atom. The van der Waals surface area contributed by atoms with Crippen LogP contribution in [0.5, 0.6) is 0 Å². The van der Waals surface area contributed by atoms with Crippen LogP contribution >= 0.6 is 18.9 Å². The first-order chi connectivity index (χ1) is 12.9. The number of thiazole rings is 1. The van der Waals surface area contributed by atoms with Crippen LogP contribution in [-0.2, 0) is 13.6 Å². The van der Waals surface area contributed by atoms with E-state index in [2.05, 4.69) is 4.98 Å². The fourth-order valence-corrected chi connectivity index (χ4v) is 5.52. The molecule has 10 heteroatoms. The van der Waals surface area contributed by atoms with Gasteiger partial charge in [-0.05, 0) is 26.0 Å². The van der Waals surface area contributed by atoms with Crippen molar-refractivity contribution in [3.63, 3.8) is 0 Å². The summed E-state index contributed by atoms with van der Waals surface area (Å²) in [6.07, 6.45) is 0. The van der Waals surface area contributed by atoms with Crippen LogP contribution in [0.2, 0.25) is 0 Å². The molecule has 140 valence electrons. The van der Waals surface area contributed by atoms with Crippen LogP contribution in [0.25, 0.3) is 16.2 Å². The van der Waals surface area contributed by atoms with Gasteiger partial charge in [0.25, 0.3) is 5.56 Å². The molecule has 0 aliphatic carbocycles. The Morgan fingerprint density at radius 1 is 1.33 bits per heavy atom. The van der Waals surface area contributed by atoms with Crippen LogP contribution in [0.15, 0.2) is 34.4 Å². The van der Waals surface area contributed by atoms with E-state index in [-0.39, 0.29) is 34.9 Å². The maximum atomic E-state index is 13.6. The molecule has 27 heavy (non-hydrogen) atoms. The first-order valence-electron chi connectivity index (χ1n) is 8.05. The van der Waals surface area contributed by atoms with Crippen LogP contribution in [0.1, 0.15) is 19.4 Å². The fraction of sp³-hybridized carbons (Fsp3) is 0.235. The molecular formula is C17H15FN3O4PS. The highest BCUT2D eigenvalue weighted by Crippen LogP contribution is 2.47. The fourth-order valence-electron chi connectivity index (χ4n) is 2.58. The van der Waals surface area contributed by atoms with Gasteiger partial charge < -0.3 is 9.05 Å². The van der Waals surface area contributed by atoms with Crippen LogP contribution in [0.3, 0.4) is 0 Å². The second-order valence-electron chi connectivity index (χ2n) is 5.31. The molecule has 0 radical (unpaired) electrons. The van der Waals surface area contributed by atoms with Gasteiger partial charge in [-0.25, -0.2) is 13.8 Å². The molecule has 0 aliphatic rings. The Kier molecular flexibility index (Phi) is 5.53. The molecule has 0 amide bonds. The van der Waals surface area contributed by atoms with Gasteiger partial charge in [0.05, 0.1) is 18.9 Å². The van der Waals surface area contributed by atoms with E-state index in [4.69, 9.17) is 9.05 Å². The normalized spacial score (nSPS) is 11.6. The molecule has 0 saturated carbocycles. The molecule has 3 aromatic rings. The summed E-state index contributed by atoms with van der Waals surface area (Å²) in [5.41, 5.74) is -0.599. The number of nitriles is 1. The Balaban J connectivity index is 2.32. The number of aromatic nitrogens is 2. The molecule has 1 aromatic carbocycles. The highest BCUT2D eigenvalue weighted by atomic mass is 32.1. The Morgan fingerprint density at radius 3 is 2.63 bits per heavy atom. The standard InChI is InChI=1S/C17H15FN3O4PS/c1-3-24-26(23,25-4-2)14-10-27-17-20-15(11-6-5-7-12(18)8-11)13(9-19)16(22)21(14)17/h5-8,10H,3-4H2,1-2H3. The van der Waals surface area contributed by atoms with Crippen LogP contribution in [0.4, 0.5) is 4.39 Å². The molecular weight excluding hydrogens is 392 g/mol. The highest BCUT2D eigenvalue weighted by molar-refractivity contribution is 7.62. The quantitative estimate of drug-likeness (QED) is 0.582. The van der Waals surface area contributed by atoms with E-state index in [1.807, 2.05) is 6.07 Å². The predicted octanol–water partition coefficient (Wildman–Crippen LogP) is 3.33. The Bertz CT molecular complexity index is 1140. The molecule has 7 nitrogen and oxygen atoms in total. The summed E-state index contributed by atoms with van der Waals surface area (Å²) in [6, 6.07) is 7.29. The predicted molar refractivity (Wildman–Crippen MR) is 99.9 cm³/mol. The van der Waals surface area contributed by atoms with Crippen molar-refractivity contribution in [1.82, 2.24) is 9.38 Å². The van der Waals surface area contributed by atoms with Gasteiger partial charge >= 0.3 is 7.60 Å². The first-order valence-corrected chi connectivity index (χ1v) is 10.5. The average Bonchev–Trinajstić information content (AvgIpc) is 3.07. The summed E-state index contributed by atoms with van der Waals surface area (Å²) in [4.78, 5) is 17.5. The van der Waals surface area contributed by atoms with Crippen LogP contribution < -0.4 is 11.0 Å². The van der Waals surface area contributed by atoms with E-state index in [0.717, 1.165) is 15.7 Å². The molecule has 0 atom stereocenters. The van der Waals surface area contributed by atoms with Crippen molar-refractivity contribution < 1.29 is 18.0 Å². The van der Waals surface area contributed by atoms with Crippen molar-refractivity contribution in [1.29, 1.82) is 5.26 Å². The lowest BCUT2D eigenvalue weighted by atomic mass is 10.1. The minimum Gasteiger partial charge on any atom is -0.304 e. The summed E-state index contributed by atoms with van der Waals surface area (Å²) in [7, 11) is -3.76. The monoisotopic (exact) mass is 407 g/mol. The van der Waals surface area contributed by atoms with Crippen molar-refractivity contribution >= 4 is 29.3 Å². The molecule has 0 unspecified atom stereocenters. The average molecular weight is 407 g/mol. The summed E-state index contributed by atoms with van der Waals surface area (Å²) in [5.74, 6) is -0.512. The maximum absolute atomic E-state index is 13.6. The van der Waals surface area contributed by atoms with Crippen molar-refractivity contribution in [2.75, 3.05) is 13.2 Å². The number of hydrogen-bond donors (Lipinski definition) is 0. The zero-order chi connectivity index (χ0) is 19.6. The molecule has 0 N–H and O–H groups in total. The third-order valence-corrected chi connectivity index (χ3v) is 6.73.